The lowest BCUT2D eigenvalue weighted by molar-refractivity contribution is -0.144. The van der Waals surface area contributed by atoms with E-state index in [2.05, 4.69) is 54.2 Å². The Balaban J connectivity index is 1.46. The molecule has 3 aromatic rings. The van der Waals surface area contributed by atoms with Crippen LogP contribution in [0.5, 0.6) is 11.5 Å². The summed E-state index contributed by atoms with van der Waals surface area (Å²) in [5.41, 5.74) is 3.76. The zero-order valence-electron chi connectivity index (χ0n) is 26.6. The van der Waals surface area contributed by atoms with Gasteiger partial charge in [0.25, 0.3) is 0 Å². The number of esters is 1. The van der Waals surface area contributed by atoms with Crippen molar-refractivity contribution in [3.05, 3.63) is 93.5 Å². The molecule has 1 aliphatic carbocycles. The Bertz CT molecular complexity index is 1510. The predicted molar refractivity (Wildman–Crippen MR) is 178 cm³/mol. The van der Waals surface area contributed by atoms with E-state index < -0.39 is 18.1 Å². The van der Waals surface area contributed by atoms with Gasteiger partial charge in [-0.05, 0) is 89.2 Å². The highest BCUT2D eigenvalue weighted by molar-refractivity contribution is 9.10. The van der Waals surface area contributed by atoms with Gasteiger partial charge in [-0.15, -0.1) is 0 Å². The second-order valence-corrected chi connectivity index (χ2v) is 14.1. The van der Waals surface area contributed by atoms with Crippen LogP contribution in [0.4, 0.5) is 0 Å². The number of ether oxygens (including phenoxy) is 2. The van der Waals surface area contributed by atoms with Gasteiger partial charge in [0.05, 0.1) is 19.6 Å². The molecule has 1 saturated carbocycles. The van der Waals surface area contributed by atoms with E-state index in [-0.39, 0.29) is 23.7 Å². The molecular formula is C37H43BrN2O5. The van der Waals surface area contributed by atoms with Crippen molar-refractivity contribution in [2.75, 3.05) is 13.7 Å². The average molecular weight is 676 g/mol. The molecule has 2 atom stereocenters. The monoisotopic (exact) mass is 674 g/mol. The molecule has 8 heteroatoms. The molecule has 2 unspecified atom stereocenters. The van der Waals surface area contributed by atoms with Gasteiger partial charge in [0.1, 0.15) is 17.5 Å². The summed E-state index contributed by atoms with van der Waals surface area (Å²) in [4.78, 5) is 42.3. The first kappa shape index (κ1) is 32.7. The second kappa shape index (κ2) is 14.2. The van der Waals surface area contributed by atoms with E-state index in [1.54, 1.807) is 4.90 Å². The van der Waals surface area contributed by atoms with Gasteiger partial charge >= 0.3 is 5.97 Å². The van der Waals surface area contributed by atoms with Crippen LogP contribution >= 0.6 is 15.9 Å². The molecule has 1 fully saturated rings. The molecule has 0 radical (unpaired) electrons. The van der Waals surface area contributed by atoms with Gasteiger partial charge in [-0.25, -0.2) is 0 Å². The number of hydrogen-bond donors (Lipinski definition) is 1. The van der Waals surface area contributed by atoms with Crippen molar-refractivity contribution >= 4 is 33.7 Å². The lowest BCUT2D eigenvalue weighted by atomic mass is 9.87. The molecule has 238 valence electrons. The first-order valence-corrected chi connectivity index (χ1v) is 16.6. The third-order valence-electron chi connectivity index (χ3n) is 9.00. The van der Waals surface area contributed by atoms with Crippen LogP contribution in [0.25, 0.3) is 0 Å². The number of nitrogens with zero attached hydrogens (tertiary/aromatic N) is 1. The molecule has 0 spiro atoms. The molecule has 2 aliphatic rings. The van der Waals surface area contributed by atoms with Crippen LogP contribution in [0.15, 0.2) is 71.2 Å². The molecule has 1 heterocycles. The average Bonchev–Trinajstić information content (AvgIpc) is 3.53. The van der Waals surface area contributed by atoms with Crippen molar-refractivity contribution in [2.24, 2.45) is 5.92 Å². The summed E-state index contributed by atoms with van der Waals surface area (Å²) in [7, 11) is 1.34. The van der Waals surface area contributed by atoms with E-state index in [0.29, 0.717) is 36.8 Å². The lowest BCUT2D eigenvalue weighted by Crippen LogP contribution is -2.48. The summed E-state index contributed by atoms with van der Waals surface area (Å²) in [5, 5.41) is 3.11. The Morgan fingerprint density at radius 2 is 1.62 bits per heavy atom. The van der Waals surface area contributed by atoms with E-state index in [1.807, 2.05) is 54.6 Å². The maximum Gasteiger partial charge on any atom is 0.307 e. The minimum absolute atomic E-state index is 0.00931. The Kier molecular flexibility index (Phi) is 10.3. The molecule has 1 N–H and O–H groups in total. The van der Waals surface area contributed by atoms with Crippen molar-refractivity contribution in [1.82, 2.24) is 10.2 Å². The van der Waals surface area contributed by atoms with Crippen LogP contribution in [-0.2, 0) is 31.0 Å². The molecule has 0 aromatic heterocycles. The SMILES string of the molecule is COC(=O)CC(NC(=O)C1c2cc(Oc3ccc(C(C)(C)C)cc3)ccc2CCN1C(=O)CC1CCCC1)c1ccc(Br)cc1. The summed E-state index contributed by atoms with van der Waals surface area (Å²) in [6.45, 7) is 6.96. The van der Waals surface area contributed by atoms with Crippen molar-refractivity contribution in [3.63, 3.8) is 0 Å². The molecule has 0 saturated heterocycles. The Hall–Kier alpha value is -3.65. The van der Waals surface area contributed by atoms with Crippen LogP contribution in [0, 0.1) is 5.92 Å². The van der Waals surface area contributed by atoms with Crippen LogP contribution in [0.3, 0.4) is 0 Å². The molecular weight excluding hydrogens is 632 g/mol. The van der Waals surface area contributed by atoms with Crippen molar-refractivity contribution in [1.29, 1.82) is 0 Å². The topological polar surface area (TPSA) is 84.9 Å². The molecule has 7 nitrogen and oxygen atoms in total. The van der Waals surface area contributed by atoms with Gasteiger partial charge in [0, 0.05) is 17.4 Å². The highest BCUT2D eigenvalue weighted by Crippen LogP contribution is 2.37. The number of methoxy groups -OCH3 is 1. The Morgan fingerprint density at radius 1 is 0.956 bits per heavy atom. The minimum Gasteiger partial charge on any atom is -0.469 e. The Labute approximate surface area is 274 Å². The zero-order valence-corrected chi connectivity index (χ0v) is 28.2. The van der Waals surface area contributed by atoms with E-state index in [4.69, 9.17) is 9.47 Å². The first-order valence-electron chi connectivity index (χ1n) is 15.8. The number of carbonyl (C=O) groups is 3. The quantitative estimate of drug-likeness (QED) is 0.233. The van der Waals surface area contributed by atoms with Crippen molar-refractivity contribution in [3.8, 4) is 11.5 Å². The first-order chi connectivity index (χ1) is 21.5. The van der Waals surface area contributed by atoms with Gasteiger partial charge in [0.2, 0.25) is 11.8 Å². The number of carbonyl (C=O) groups excluding carboxylic acids is 3. The number of amides is 2. The molecule has 0 bridgehead atoms. The van der Waals surface area contributed by atoms with Gasteiger partial charge in [-0.2, -0.15) is 0 Å². The number of rotatable bonds is 9. The van der Waals surface area contributed by atoms with E-state index in [0.717, 1.165) is 46.8 Å². The summed E-state index contributed by atoms with van der Waals surface area (Å²) in [5.74, 6) is 0.864. The zero-order chi connectivity index (χ0) is 32.1. The fourth-order valence-electron chi connectivity index (χ4n) is 6.39. The van der Waals surface area contributed by atoms with E-state index >= 15 is 0 Å². The number of nitrogens with one attached hydrogen (secondary N) is 1. The highest BCUT2D eigenvalue weighted by Gasteiger charge is 2.38. The fraction of sp³-hybridized carbons (Fsp3) is 0.432. The van der Waals surface area contributed by atoms with Crippen LogP contribution < -0.4 is 10.1 Å². The fourth-order valence-corrected chi connectivity index (χ4v) is 6.66. The minimum atomic E-state index is -0.856. The third kappa shape index (κ3) is 8.15. The lowest BCUT2D eigenvalue weighted by Gasteiger charge is -2.38. The maximum absolute atomic E-state index is 14.3. The molecule has 3 aromatic carbocycles. The second-order valence-electron chi connectivity index (χ2n) is 13.2. The van der Waals surface area contributed by atoms with Crippen LogP contribution in [0.1, 0.15) is 93.6 Å². The number of benzene rings is 3. The van der Waals surface area contributed by atoms with Gasteiger partial charge in [-0.1, -0.05) is 79.9 Å². The Morgan fingerprint density at radius 3 is 2.27 bits per heavy atom. The van der Waals surface area contributed by atoms with Crippen LogP contribution in [0.2, 0.25) is 0 Å². The van der Waals surface area contributed by atoms with E-state index in [9.17, 15) is 14.4 Å². The smallest absolute Gasteiger partial charge is 0.307 e. The number of halogens is 1. The van der Waals surface area contributed by atoms with Crippen molar-refractivity contribution in [2.45, 2.75) is 83.2 Å². The van der Waals surface area contributed by atoms with Crippen LogP contribution in [-0.4, -0.2) is 36.3 Å². The van der Waals surface area contributed by atoms with Gasteiger partial charge in [0.15, 0.2) is 0 Å². The van der Waals surface area contributed by atoms with Gasteiger partial charge < -0.3 is 19.7 Å². The van der Waals surface area contributed by atoms with E-state index in [1.165, 1.54) is 12.7 Å². The summed E-state index contributed by atoms with van der Waals surface area (Å²) in [6, 6.07) is 19.8. The molecule has 2 amide bonds. The molecule has 45 heavy (non-hydrogen) atoms. The maximum atomic E-state index is 14.3. The molecule has 5 rings (SSSR count). The largest absolute Gasteiger partial charge is 0.469 e. The number of fused-ring (bicyclic) bond motifs is 1. The third-order valence-corrected chi connectivity index (χ3v) is 9.52. The normalized spacial score (nSPS) is 17.4. The van der Waals surface area contributed by atoms with Crippen molar-refractivity contribution < 1.29 is 23.9 Å². The number of hydrogen-bond acceptors (Lipinski definition) is 5. The standard InChI is InChI=1S/C37H43BrN2O5/c1-37(2,3)27-12-17-29(18-13-27)45-30-16-11-25-19-20-40(33(41)21-24-7-5-6-8-24)35(31(25)22-30)36(43)39-32(23-34(42)44-4)26-9-14-28(38)15-10-26/h9-18,22,24,32,35H,5-8,19-21,23H2,1-4H3,(H,39,43). The summed E-state index contributed by atoms with van der Waals surface area (Å²) >= 11 is 3.46. The summed E-state index contributed by atoms with van der Waals surface area (Å²) < 4.78 is 12.1. The molecule has 1 aliphatic heterocycles. The summed E-state index contributed by atoms with van der Waals surface area (Å²) in [6.07, 6.45) is 5.43. The predicted octanol–water partition coefficient (Wildman–Crippen LogP) is 7.97. The highest BCUT2D eigenvalue weighted by atomic mass is 79.9. The van der Waals surface area contributed by atoms with Gasteiger partial charge in [-0.3, -0.25) is 14.4 Å².